The number of benzene rings is 3. The summed E-state index contributed by atoms with van der Waals surface area (Å²) >= 11 is 1.66. The number of thiazole rings is 1. The average molecular weight is 789 g/mol. The highest BCUT2D eigenvalue weighted by Crippen LogP contribution is 2.27. The lowest BCUT2D eigenvalue weighted by Gasteiger charge is -2.24. The number of ether oxygens (including phenoxy) is 3. The number of rotatable bonds is 15. The number of aromatic nitrogens is 1. The van der Waals surface area contributed by atoms with Gasteiger partial charge in [-0.15, -0.1) is 11.3 Å². The number of aryl methyl sites for hydroxylation is 1. The van der Waals surface area contributed by atoms with Crippen LogP contribution in [0.5, 0.6) is 5.75 Å². The van der Waals surface area contributed by atoms with E-state index in [4.69, 9.17) is 9.47 Å². The van der Waals surface area contributed by atoms with Crippen molar-refractivity contribution in [2.75, 3.05) is 54.2 Å². The first kappa shape index (κ1) is 47.6. The van der Waals surface area contributed by atoms with Crippen molar-refractivity contribution in [3.8, 4) is 27.3 Å². The summed E-state index contributed by atoms with van der Waals surface area (Å²) < 4.78 is 15.0. The van der Waals surface area contributed by atoms with E-state index in [2.05, 4.69) is 49.5 Å². The first-order valence-electron chi connectivity index (χ1n) is 18.8. The van der Waals surface area contributed by atoms with E-state index in [1.165, 1.54) is 10.4 Å². The number of hydrogen-bond donors (Lipinski definition) is 2. The quantitative estimate of drug-likeness (QED) is 0.0952. The predicted octanol–water partition coefficient (Wildman–Crippen LogP) is 7.06. The molecule has 1 aromatic heterocycles. The number of likely N-dealkylation sites (tertiary alicyclic amines) is 1. The van der Waals surface area contributed by atoms with Gasteiger partial charge in [0.2, 0.25) is 5.91 Å². The van der Waals surface area contributed by atoms with E-state index in [0.717, 1.165) is 66.7 Å². The highest BCUT2D eigenvalue weighted by Gasteiger charge is 2.27. The standard InChI is InChI=1S/C17H21N3OS.C17H16O4.C7H15NO.C3H8O/c1-12-16(22-11-19-12)14-7-5-13(6-8-14)10-18-17(21)15-4-3-9-20(15)2;18-9-10-20-11-12-21-17-7-5-16(6-8-17)15-3-1-14(13-19)2-4-15;1-7(2,3)6(5-9)8-4;1-3-4-2/h5-8,11,15H,3-4,9-10H2,1-2H3,(H,18,21);1-9,13H,10-12H2;5-6,8H,1-4H3;3H2,1-2H3. The number of aldehydes is 3. The third kappa shape index (κ3) is 17.1. The lowest BCUT2D eigenvalue weighted by Crippen LogP contribution is -2.41. The molecule has 304 valence electrons. The van der Waals surface area contributed by atoms with E-state index in [1.54, 1.807) is 37.6 Å². The molecule has 0 saturated carbocycles. The SMILES string of the molecule is CCOC.CNC(C=O)C(C)(C)C.Cc1ncsc1-c1ccc(CNC(=O)C2CCCN2C)cc1.O=CCOCCOc1ccc(-c2ccc(C=O)cc2)cc1. The summed E-state index contributed by atoms with van der Waals surface area (Å²) in [4.78, 5) is 50.8. The van der Waals surface area contributed by atoms with Crippen molar-refractivity contribution in [3.63, 3.8) is 0 Å². The molecule has 11 nitrogen and oxygen atoms in total. The second-order valence-electron chi connectivity index (χ2n) is 14.0. The fraction of sp³-hybridized carbons (Fsp3) is 0.432. The largest absolute Gasteiger partial charge is 0.491 e. The summed E-state index contributed by atoms with van der Waals surface area (Å²) in [6, 6.07) is 23.4. The molecule has 0 bridgehead atoms. The van der Waals surface area contributed by atoms with E-state index in [1.807, 2.05) is 83.6 Å². The van der Waals surface area contributed by atoms with Crippen LogP contribution in [0, 0.1) is 12.3 Å². The number of likely N-dealkylation sites (N-methyl/N-ethyl adjacent to an activating group) is 2. The van der Waals surface area contributed by atoms with Crippen LogP contribution < -0.4 is 15.4 Å². The van der Waals surface area contributed by atoms with Gasteiger partial charge in [0, 0.05) is 25.8 Å². The van der Waals surface area contributed by atoms with Gasteiger partial charge in [-0.2, -0.15) is 0 Å². The first-order chi connectivity index (χ1) is 26.9. The summed E-state index contributed by atoms with van der Waals surface area (Å²) in [5.74, 6) is 0.889. The zero-order valence-corrected chi connectivity index (χ0v) is 35.0. The average Bonchev–Trinajstić information content (AvgIpc) is 3.85. The van der Waals surface area contributed by atoms with E-state index in [-0.39, 0.29) is 30.0 Å². The van der Waals surface area contributed by atoms with Crippen molar-refractivity contribution in [2.45, 2.75) is 66.1 Å². The summed E-state index contributed by atoms with van der Waals surface area (Å²) in [5.41, 5.74) is 8.04. The topological polar surface area (TPSA) is 136 Å². The van der Waals surface area contributed by atoms with Crippen LogP contribution in [-0.2, 0) is 30.4 Å². The van der Waals surface area contributed by atoms with Gasteiger partial charge in [0.05, 0.1) is 34.8 Å². The molecule has 2 heterocycles. The Labute approximate surface area is 337 Å². The van der Waals surface area contributed by atoms with Gasteiger partial charge in [-0.25, -0.2) is 4.98 Å². The van der Waals surface area contributed by atoms with Crippen LogP contribution in [0.15, 0.2) is 78.3 Å². The van der Waals surface area contributed by atoms with Gasteiger partial charge in [0.15, 0.2) is 0 Å². The van der Waals surface area contributed by atoms with E-state index < -0.39 is 0 Å². The molecule has 0 spiro atoms. The molecule has 2 unspecified atom stereocenters. The minimum Gasteiger partial charge on any atom is -0.491 e. The number of methoxy groups -OCH3 is 1. The number of hydrogen-bond acceptors (Lipinski definition) is 11. The summed E-state index contributed by atoms with van der Waals surface area (Å²) in [7, 11) is 5.49. The molecule has 2 N–H and O–H groups in total. The van der Waals surface area contributed by atoms with Crippen LogP contribution in [0.1, 0.15) is 62.2 Å². The molecule has 2 atom stereocenters. The number of nitrogens with one attached hydrogen (secondary N) is 2. The van der Waals surface area contributed by atoms with Crippen molar-refractivity contribution in [2.24, 2.45) is 5.41 Å². The maximum atomic E-state index is 12.2. The van der Waals surface area contributed by atoms with Gasteiger partial charge in [-0.1, -0.05) is 81.4 Å². The molecule has 12 heteroatoms. The number of carbonyl (C=O) groups excluding carboxylic acids is 4. The Morgan fingerprint density at radius 3 is 2.02 bits per heavy atom. The molecule has 1 fully saturated rings. The molecule has 1 amide bonds. The first-order valence-corrected chi connectivity index (χ1v) is 19.7. The summed E-state index contributed by atoms with van der Waals surface area (Å²) in [6.07, 6.45) is 4.56. The maximum absolute atomic E-state index is 12.2. The van der Waals surface area contributed by atoms with Gasteiger partial charge < -0.3 is 34.4 Å². The van der Waals surface area contributed by atoms with Crippen LogP contribution in [0.2, 0.25) is 0 Å². The Balaban J connectivity index is 0.000000297. The third-order valence-corrected chi connectivity index (χ3v) is 9.81. The van der Waals surface area contributed by atoms with Crippen molar-refractivity contribution >= 4 is 36.1 Å². The molecular weight excluding hydrogens is 729 g/mol. The van der Waals surface area contributed by atoms with Gasteiger partial charge in [0.1, 0.15) is 37.8 Å². The van der Waals surface area contributed by atoms with E-state index >= 15 is 0 Å². The Kier molecular flexibility index (Phi) is 22.3. The van der Waals surface area contributed by atoms with Crippen LogP contribution in [0.3, 0.4) is 0 Å². The molecule has 56 heavy (non-hydrogen) atoms. The van der Waals surface area contributed by atoms with Crippen molar-refractivity contribution in [3.05, 3.63) is 95.1 Å². The smallest absolute Gasteiger partial charge is 0.237 e. The monoisotopic (exact) mass is 788 g/mol. The molecule has 0 radical (unpaired) electrons. The number of nitrogens with zero attached hydrogens (tertiary/aromatic N) is 2. The predicted molar refractivity (Wildman–Crippen MR) is 225 cm³/mol. The molecule has 0 aliphatic carbocycles. The van der Waals surface area contributed by atoms with Crippen LogP contribution >= 0.6 is 11.3 Å². The minimum absolute atomic E-state index is 0.0301. The molecule has 1 aliphatic rings. The van der Waals surface area contributed by atoms with Gasteiger partial charge >= 0.3 is 0 Å². The van der Waals surface area contributed by atoms with Crippen LogP contribution in [-0.4, -0.2) is 101 Å². The van der Waals surface area contributed by atoms with E-state index in [0.29, 0.717) is 31.6 Å². The number of amides is 1. The Bertz CT molecular complexity index is 1700. The minimum atomic E-state index is -0.0301. The van der Waals surface area contributed by atoms with Gasteiger partial charge in [-0.3, -0.25) is 14.5 Å². The zero-order valence-electron chi connectivity index (χ0n) is 34.2. The highest BCUT2D eigenvalue weighted by atomic mass is 32.1. The lowest BCUT2D eigenvalue weighted by molar-refractivity contribution is -0.125. The van der Waals surface area contributed by atoms with Gasteiger partial charge in [-0.05, 0) is 87.1 Å². The Morgan fingerprint density at radius 2 is 1.57 bits per heavy atom. The summed E-state index contributed by atoms with van der Waals surface area (Å²) in [5, 5.41) is 5.97. The summed E-state index contributed by atoms with van der Waals surface area (Å²) in [6.45, 7) is 13.4. The molecule has 1 aliphatic heterocycles. The highest BCUT2D eigenvalue weighted by molar-refractivity contribution is 7.13. The second-order valence-corrected chi connectivity index (χ2v) is 14.9. The lowest BCUT2D eigenvalue weighted by atomic mass is 9.88. The molecule has 5 rings (SSSR count). The normalized spacial score (nSPS) is 14.0. The molecule has 4 aromatic rings. The van der Waals surface area contributed by atoms with Crippen molar-refractivity contribution in [1.82, 2.24) is 20.5 Å². The zero-order chi connectivity index (χ0) is 41.3. The van der Waals surface area contributed by atoms with Crippen molar-refractivity contribution < 1.29 is 33.4 Å². The van der Waals surface area contributed by atoms with Crippen LogP contribution in [0.4, 0.5) is 0 Å². The molecular formula is C44H60N4O7S. The van der Waals surface area contributed by atoms with Gasteiger partial charge in [0.25, 0.3) is 0 Å². The maximum Gasteiger partial charge on any atom is 0.237 e. The van der Waals surface area contributed by atoms with Crippen LogP contribution in [0.25, 0.3) is 21.6 Å². The third-order valence-electron chi connectivity index (χ3n) is 8.84. The molecule has 3 aromatic carbocycles. The molecule has 1 saturated heterocycles. The Hall–Kier alpha value is -4.59. The van der Waals surface area contributed by atoms with E-state index in [9.17, 15) is 19.2 Å². The Morgan fingerprint density at radius 1 is 0.964 bits per heavy atom. The number of carbonyl (C=O) groups is 4. The second kappa shape index (κ2) is 26.3. The fourth-order valence-electron chi connectivity index (χ4n) is 5.45. The van der Waals surface area contributed by atoms with Crippen molar-refractivity contribution in [1.29, 1.82) is 0 Å². The fourth-order valence-corrected chi connectivity index (χ4v) is 6.27.